The summed E-state index contributed by atoms with van der Waals surface area (Å²) in [5, 5.41) is 3.49. The number of rotatable bonds is 4. The van der Waals surface area contributed by atoms with E-state index in [0.29, 0.717) is 27.6 Å². The fourth-order valence-electron chi connectivity index (χ4n) is 5.25. The molecule has 3 amide bonds. The van der Waals surface area contributed by atoms with Crippen molar-refractivity contribution in [2.75, 3.05) is 11.9 Å². The fourth-order valence-corrected chi connectivity index (χ4v) is 5.55. The maximum Gasteiger partial charge on any atom is 0.233 e. The van der Waals surface area contributed by atoms with Crippen LogP contribution in [0.25, 0.3) is 0 Å². The number of amides is 3. The number of benzene rings is 1. The summed E-state index contributed by atoms with van der Waals surface area (Å²) in [7, 11) is 0. The number of carbonyl (C=O) groups is 3. The summed E-state index contributed by atoms with van der Waals surface area (Å²) in [5.41, 5.74) is 0.532. The molecular weight excluding hydrogens is 387 g/mol. The van der Waals surface area contributed by atoms with Crippen LogP contribution in [0.15, 0.2) is 30.4 Å². The van der Waals surface area contributed by atoms with Crippen LogP contribution in [0.1, 0.15) is 12.8 Å². The molecule has 140 valence electrons. The minimum Gasteiger partial charge on any atom is -0.326 e. The topological polar surface area (TPSA) is 66.5 Å². The van der Waals surface area contributed by atoms with Gasteiger partial charge < -0.3 is 5.32 Å². The zero-order valence-corrected chi connectivity index (χ0v) is 15.9. The van der Waals surface area contributed by atoms with Crippen molar-refractivity contribution < 1.29 is 14.4 Å². The van der Waals surface area contributed by atoms with Gasteiger partial charge in [0.1, 0.15) is 0 Å². The Bertz CT molecular complexity index is 863. The molecule has 27 heavy (non-hydrogen) atoms. The standard InChI is InChI=1S/C20H18Cl2N2O3/c21-14-4-1-9(7-15(14)22)23-16(25)5-6-24-19(26)17-10-2-3-11(13-8-12(10)13)18(17)20(24)27/h1-4,7,10-13,17-18H,5-6,8H2,(H,23,25)/t10-,11+,12-,13-,17+,18-/m1/s1. The number of hydrogen-bond donors (Lipinski definition) is 1. The Hall–Kier alpha value is -1.85. The molecule has 5 nitrogen and oxygen atoms in total. The summed E-state index contributed by atoms with van der Waals surface area (Å²) in [5.74, 6) is 0.672. The third kappa shape index (κ3) is 2.63. The number of anilines is 1. The summed E-state index contributed by atoms with van der Waals surface area (Å²) in [6, 6.07) is 4.83. The zero-order valence-electron chi connectivity index (χ0n) is 14.4. The Morgan fingerprint density at radius 3 is 2.26 bits per heavy atom. The lowest BCUT2D eigenvalue weighted by molar-refractivity contribution is -0.140. The van der Waals surface area contributed by atoms with Crippen LogP contribution in [0.3, 0.4) is 0 Å². The van der Waals surface area contributed by atoms with Crippen molar-refractivity contribution in [2.24, 2.45) is 35.5 Å². The molecule has 5 aliphatic rings. The summed E-state index contributed by atoms with van der Waals surface area (Å²) < 4.78 is 0. The molecule has 1 aromatic rings. The first-order valence-electron chi connectivity index (χ1n) is 9.24. The molecule has 7 heteroatoms. The molecule has 0 unspecified atom stereocenters. The number of allylic oxidation sites excluding steroid dienone is 2. The van der Waals surface area contributed by atoms with Gasteiger partial charge in [-0.15, -0.1) is 0 Å². The van der Waals surface area contributed by atoms with Crippen molar-refractivity contribution in [1.29, 1.82) is 0 Å². The highest BCUT2D eigenvalue weighted by Crippen LogP contribution is 2.65. The summed E-state index contributed by atoms with van der Waals surface area (Å²) in [6.45, 7) is 0.118. The third-order valence-corrected chi connectivity index (χ3v) is 7.26. The van der Waals surface area contributed by atoms with Gasteiger partial charge in [0.25, 0.3) is 0 Å². The highest BCUT2D eigenvalue weighted by molar-refractivity contribution is 6.42. The van der Waals surface area contributed by atoms with E-state index in [1.807, 2.05) is 0 Å². The number of halogens is 2. The van der Waals surface area contributed by atoms with E-state index in [9.17, 15) is 14.4 Å². The molecule has 1 aliphatic heterocycles. The second-order valence-electron chi connectivity index (χ2n) is 7.91. The molecule has 1 aromatic carbocycles. The van der Waals surface area contributed by atoms with Crippen molar-refractivity contribution >= 4 is 46.6 Å². The van der Waals surface area contributed by atoms with Gasteiger partial charge in [0.2, 0.25) is 17.7 Å². The van der Waals surface area contributed by atoms with Crippen molar-refractivity contribution in [2.45, 2.75) is 12.8 Å². The highest BCUT2D eigenvalue weighted by Gasteiger charge is 2.66. The van der Waals surface area contributed by atoms with E-state index in [1.54, 1.807) is 18.2 Å². The first-order valence-corrected chi connectivity index (χ1v) is 10.00. The van der Waals surface area contributed by atoms with Crippen LogP contribution < -0.4 is 5.32 Å². The summed E-state index contributed by atoms with van der Waals surface area (Å²) in [4.78, 5) is 39.3. The van der Waals surface area contributed by atoms with E-state index in [0.717, 1.165) is 6.42 Å². The first-order chi connectivity index (χ1) is 13.0. The minimum absolute atomic E-state index is 0.0623. The molecule has 0 spiro atoms. The van der Waals surface area contributed by atoms with E-state index >= 15 is 0 Å². The maximum absolute atomic E-state index is 12.9. The Labute approximate surface area is 166 Å². The molecule has 2 bridgehead atoms. The lowest BCUT2D eigenvalue weighted by Gasteiger charge is -2.37. The van der Waals surface area contributed by atoms with Crippen molar-refractivity contribution in [3.63, 3.8) is 0 Å². The molecule has 1 N–H and O–H groups in total. The van der Waals surface area contributed by atoms with Crippen LogP contribution in [0.2, 0.25) is 10.0 Å². The normalized spacial score (nSPS) is 35.3. The molecule has 1 heterocycles. The Morgan fingerprint density at radius 1 is 1.04 bits per heavy atom. The van der Waals surface area contributed by atoms with Gasteiger partial charge in [-0.2, -0.15) is 0 Å². The van der Waals surface area contributed by atoms with E-state index in [1.165, 1.54) is 4.90 Å². The summed E-state index contributed by atoms with van der Waals surface area (Å²) >= 11 is 11.8. The number of nitrogens with one attached hydrogen (secondary N) is 1. The van der Waals surface area contributed by atoms with Gasteiger partial charge in [-0.25, -0.2) is 0 Å². The molecule has 6 rings (SSSR count). The van der Waals surface area contributed by atoms with Crippen LogP contribution in [-0.2, 0) is 14.4 Å². The Balaban J connectivity index is 1.24. The molecule has 4 aliphatic carbocycles. The van der Waals surface area contributed by atoms with E-state index < -0.39 is 0 Å². The molecule has 0 radical (unpaired) electrons. The quantitative estimate of drug-likeness (QED) is 0.617. The average Bonchev–Trinajstić information content (AvgIpc) is 3.42. The lowest BCUT2D eigenvalue weighted by Crippen LogP contribution is -2.40. The predicted octanol–water partition coefficient (Wildman–Crippen LogP) is 3.38. The number of carbonyl (C=O) groups excluding carboxylic acids is 3. The van der Waals surface area contributed by atoms with E-state index in [2.05, 4.69) is 17.5 Å². The Kier molecular flexibility index (Phi) is 3.89. The van der Waals surface area contributed by atoms with Crippen molar-refractivity contribution in [1.82, 2.24) is 4.90 Å². The average molecular weight is 405 g/mol. The second-order valence-corrected chi connectivity index (χ2v) is 8.72. The zero-order chi connectivity index (χ0) is 18.9. The smallest absolute Gasteiger partial charge is 0.233 e. The molecule has 2 saturated carbocycles. The minimum atomic E-state index is -0.271. The molecular formula is C20H18Cl2N2O3. The molecule has 3 fully saturated rings. The van der Waals surface area contributed by atoms with Crippen molar-refractivity contribution in [3.05, 3.63) is 40.4 Å². The van der Waals surface area contributed by atoms with Gasteiger partial charge in [0.05, 0.1) is 21.9 Å². The maximum atomic E-state index is 12.9. The van der Waals surface area contributed by atoms with Crippen LogP contribution in [-0.4, -0.2) is 29.2 Å². The molecule has 0 aromatic heterocycles. The van der Waals surface area contributed by atoms with Crippen LogP contribution in [0.5, 0.6) is 0 Å². The third-order valence-electron chi connectivity index (χ3n) is 6.52. The van der Waals surface area contributed by atoms with Gasteiger partial charge >= 0.3 is 0 Å². The van der Waals surface area contributed by atoms with Gasteiger partial charge in [0.15, 0.2) is 0 Å². The number of nitrogens with zero attached hydrogens (tertiary/aromatic N) is 1. The van der Waals surface area contributed by atoms with E-state index in [4.69, 9.17) is 23.2 Å². The SMILES string of the molecule is O=C(CCN1C(=O)[C@@H]2[C@H]3C=C[C@H]([C@H]4C[C@H]34)[C@@H]2C1=O)Nc1ccc(Cl)c(Cl)c1. The number of imide groups is 1. The Morgan fingerprint density at radius 2 is 1.67 bits per heavy atom. The van der Waals surface area contributed by atoms with E-state index in [-0.39, 0.29) is 54.4 Å². The van der Waals surface area contributed by atoms with Gasteiger partial charge in [-0.05, 0) is 48.3 Å². The lowest BCUT2D eigenvalue weighted by atomic mass is 9.63. The predicted molar refractivity (Wildman–Crippen MR) is 101 cm³/mol. The highest BCUT2D eigenvalue weighted by atomic mass is 35.5. The molecule has 1 saturated heterocycles. The van der Waals surface area contributed by atoms with Gasteiger partial charge in [-0.1, -0.05) is 35.4 Å². The van der Waals surface area contributed by atoms with Crippen molar-refractivity contribution in [3.8, 4) is 0 Å². The van der Waals surface area contributed by atoms with Gasteiger partial charge in [-0.3, -0.25) is 19.3 Å². The fraction of sp³-hybridized carbons (Fsp3) is 0.450. The monoisotopic (exact) mass is 404 g/mol. The number of likely N-dealkylation sites (tertiary alicyclic amines) is 1. The largest absolute Gasteiger partial charge is 0.326 e. The summed E-state index contributed by atoms with van der Waals surface area (Å²) in [6.07, 6.45) is 5.49. The first kappa shape index (κ1) is 17.3. The van der Waals surface area contributed by atoms with Crippen LogP contribution in [0.4, 0.5) is 5.69 Å². The second kappa shape index (κ2) is 6.08. The molecule has 6 atom stereocenters. The van der Waals surface area contributed by atoms with Crippen LogP contribution >= 0.6 is 23.2 Å². The number of hydrogen-bond acceptors (Lipinski definition) is 3. The van der Waals surface area contributed by atoms with Crippen LogP contribution in [0, 0.1) is 35.5 Å². The van der Waals surface area contributed by atoms with Gasteiger partial charge in [0, 0.05) is 18.7 Å².